The number of amides is 1. The van der Waals surface area contributed by atoms with Crippen LogP contribution in [0.4, 0.5) is 0 Å². The summed E-state index contributed by atoms with van der Waals surface area (Å²) in [5, 5.41) is 0. The van der Waals surface area contributed by atoms with E-state index >= 15 is 0 Å². The molecule has 0 fully saturated rings. The molecule has 2 heterocycles. The predicted molar refractivity (Wildman–Crippen MR) is 113 cm³/mol. The third-order valence-electron chi connectivity index (χ3n) is 4.89. The summed E-state index contributed by atoms with van der Waals surface area (Å²) >= 11 is 0. The molecule has 3 rings (SSSR count). The molecule has 3 aromatic rings. The second-order valence-electron chi connectivity index (χ2n) is 7.69. The highest BCUT2D eigenvalue weighted by molar-refractivity contribution is 5.79. The summed E-state index contributed by atoms with van der Waals surface area (Å²) in [7, 11) is 0. The van der Waals surface area contributed by atoms with Gasteiger partial charge in [0, 0.05) is 19.3 Å². The summed E-state index contributed by atoms with van der Waals surface area (Å²) in [6.45, 7) is 8.65. The van der Waals surface area contributed by atoms with Crippen LogP contribution in [0.25, 0.3) is 11.2 Å². The highest BCUT2D eigenvalue weighted by Gasteiger charge is 2.19. The molecule has 1 amide bonds. The number of imidazole rings is 1. The third-order valence-corrected chi connectivity index (χ3v) is 4.89. The Morgan fingerprint density at radius 1 is 1.14 bits per heavy atom. The molecule has 0 aliphatic carbocycles. The Balaban J connectivity index is 1.85. The fraction of sp³-hybridized carbons (Fsp3) is 0.435. The molecule has 0 spiro atoms. The normalized spacial score (nSPS) is 11.3. The lowest BCUT2D eigenvalue weighted by molar-refractivity contribution is -0.131. The smallest absolute Gasteiger partial charge is 0.227 e. The average Bonchev–Trinajstić information content (AvgIpc) is 3.03. The molecule has 148 valence electrons. The molecule has 5 heteroatoms. The van der Waals surface area contributed by atoms with Crippen LogP contribution in [-0.4, -0.2) is 31.9 Å². The van der Waals surface area contributed by atoms with Gasteiger partial charge >= 0.3 is 0 Å². The molecule has 2 aromatic heterocycles. The third kappa shape index (κ3) is 4.97. The van der Waals surface area contributed by atoms with Crippen LogP contribution in [0.1, 0.15) is 45.0 Å². The molecule has 0 radical (unpaired) electrons. The molecule has 1 aromatic carbocycles. The summed E-state index contributed by atoms with van der Waals surface area (Å²) < 4.78 is 2.16. The van der Waals surface area contributed by atoms with Gasteiger partial charge in [-0.1, -0.05) is 51.1 Å². The van der Waals surface area contributed by atoms with Gasteiger partial charge in [-0.05, 0) is 36.5 Å². The van der Waals surface area contributed by atoms with Gasteiger partial charge in [0.15, 0.2) is 5.65 Å². The fourth-order valence-electron chi connectivity index (χ4n) is 3.34. The Bertz CT molecular complexity index is 901. The molecule has 28 heavy (non-hydrogen) atoms. The van der Waals surface area contributed by atoms with Gasteiger partial charge in [0.25, 0.3) is 0 Å². The number of carbonyl (C=O) groups is 1. The average molecular weight is 379 g/mol. The molecule has 0 atom stereocenters. The van der Waals surface area contributed by atoms with E-state index in [9.17, 15) is 4.79 Å². The van der Waals surface area contributed by atoms with Crippen molar-refractivity contribution in [1.82, 2.24) is 19.4 Å². The van der Waals surface area contributed by atoms with E-state index in [1.807, 2.05) is 47.4 Å². The van der Waals surface area contributed by atoms with E-state index in [0.717, 1.165) is 48.5 Å². The SMILES string of the molecule is CCCn1c(CN(CCC(C)C)C(=O)Cc2ccccc2)nc2cccnc21. The fourth-order valence-corrected chi connectivity index (χ4v) is 3.34. The van der Waals surface area contributed by atoms with Gasteiger partial charge in [-0.25, -0.2) is 9.97 Å². The molecule has 0 unspecified atom stereocenters. The molecule has 0 bridgehead atoms. The van der Waals surface area contributed by atoms with Crippen molar-refractivity contribution in [3.8, 4) is 0 Å². The number of nitrogens with zero attached hydrogens (tertiary/aromatic N) is 4. The van der Waals surface area contributed by atoms with Gasteiger partial charge < -0.3 is 9.47 Å². The van der Waals surface area contributed by atoms with Crippen LogP contribution < -0.4 is 0 Å². The number of pyridine rings is 1. The van der Waals surface area contributed by atoms with Crippen LogP contribution in [0.2, 0.25) is 0 Å². The van der Waals surface area contributed by atoms with Gasteiger partial charge in [-0.2, -0.15) is 0 Å². The lowest BCUT2D eigenvalue weighted by Gasteiger charge is -2.24. The van der Waals surface area contributed by atoms with E-state index in [1.165, 1.54) is 0 Å². The second-order valence-corrected chi connectivity index (χ2v) is 7.69. The van der Waals surface area contributed by atoms with Gasteiger partial charge in [0.05, 0.1) is 13.0 Å². The van der Waals surface area contributed by atoms with Crippen molar-refractivity contribution >= 4 is 17.1 Å². The minimum atomic E-state index is 0.148. The number of benzene rings is 1. The first-order valence-corrected chi connectivity index (χ1v) is 10.2. The van der Waals surface area contributed by atoms with Crippen molar-refractivity contribution in [3.05, 3.63) is 60.0 Å². The van der Waals surface area contributed by atoms with Crippen LogP contribution in [0, 0.1) is 5.92 Å². The van der Waals surface area contributed by atoms with Crippen LogP contribution in [0.5, 0.6) is 0 Å². The van der Waals surface area contributed by atoms with E-state index in [1.54, 1.807) is 6.20 Å². The molecular formula is C23H30N4O. The number of hydrogen-bond acceptors (Lipinski definition) is 3. The molecule has 0 saturated heterocycles. The van der Waals surface area contributed by atoms with E-state index in [4.69, 9.17) is 4.98 Å². The lowest BCUT2D eigenvalue weighted by Crippen LogP contribution is -2.34. The first-order valence-electron chi connectivity index (χ1n) is 10.2. The van der Waals surface area contributed by atoms with Crippen LogP contribution >= 0.6 is 0 Å². The highest BCUT2D eigenvalue weighted by Crippen LogP contribution is 2.17. The van der Waals surface area contributed by atoms with E-state index in [2.05, 4.69) is 30.3 Å². The Hall–Kier alpha value is -2.69. The van der Waals surface area contributed by atoms with Crippen molar-refractivity contribution in [2.75, 3.05) is 6.54 Å². The topological polar surface area (TPSA) is 51.0 Å². The lowest BCUT2D eigenvalue weighted by atomic mass is 10.1. The standard InChI is InChI=1S/C23H30N4O/c1-4-14-27-21(25-20-11-8-13-24-23(20)27)17-26(15-12-18(2)3)22(28)16-19-9-6-5-7-10-19/h5-11,13,18H,4,12,14-17H2,1-3H3. The van der Waals surface area contributed by atoms with Gasteiger partial charge in [0.2, 0.25) is 5.91 Å². The minimum absolute atomic E-state index is 0.148. The maximum absolute atomic E-state index is 13.1. The maximum atomic E-state index is 13.1. The summed E-state index contributed by atoms with van der Waals surface area (Å²) in [6.07, 6.45) is 4.20. The van der Waals surface area contributed by atoms with Crippen molar-refractivity contribution < 1.29 is 4.79 Å². The molecule has 0 aliphatic rings. The molecule has 5 nitrogen and oxygen atoms in total. The monoisotopic (exact) mass is 378 g/mol. The van der Waals surface area contributed by atoms with Crippen molar-refractivity contribution in [2.24, 2.45) is 5.92 Å². The van der Waals surface area contributed by atoms with E-state index < -0.39 is 0 Å². The predicted octanol–water partition coefficient (Wildman–Crippen LogP) is 4.46. The summed E-state index contributed by atoms with van der Waals surface area (Å²) in [4.78, 5) is 24.4. The van der Waals surface area contributed by atoms with E-state index in [-0.39, 0.29) is 5.91 Å². The zero-order valence-corrected chi connectivity index (χ0v) is 17.1. The summed E-state index contributed by atoms with van der Waals surface area (Å²) in [6, 6.07) is 13.9. The number of fused-ring (bicyclic) bond motifs is 1. The number of aromatic nitrogens is 3. The molecule has 0 N–H and O–H groups in total. The first-order chi connectivity index (χ1) is 13.6. The Morgan fingerprint density at radius 3 is 2.64 bits per heavy atom. The minimum Gasteiger partial charge on any atom is -0.335 e. The molecular weight excluding hydrogens is 348 g/mol. The largest absolute Gasteiger partial charge is 0.335 e. The number of aryl methyl sites for hydroxylation is 1. The van der Waals surface area contributed by atoms with Gasteiger partial charge in [-0.15, -0.1) is 0 Å². The number of rotatable bonds is 9. The summed E-state index contributed by atoms with van der Waals surface area (Å²) in [5.41, 5.74) is 2.84. The number of carbonyl (C=O) groups excluding carboxylic acids is 1. The zero-order valence-electron chi connectivity index (χ0n) is 17.1. The van der Waals surface area contributed by atoms with Crippen LogP contribution in [0.3, 0.4) is 0 Å². The van der Waals surface area contributed by atoms with E-state index in [0.29, 0.717) is 18.9 Å². The zero-order chi connectivity index (χ0) is 19.9. The van der Waals surface area contributed by atoms with Gasteiger partial charge in [-0.3, -0.25) is 4.79 Å². The molecule has 0 aliphatic heterocycles. The molecule has 0 saturated carbocycles. The Kier molecular flexibility index (Phi) is 6.80. The van der Waals surface area contributed by atoms with Crippen molar-refractivity contribution in [1.29, 1.82) is 0 Å². The van der Waals surface area contributed by atoms with Crippen LogP contribution in [0.15, 0.2) is 48.7 Å². The maximum Gasteiger partial charge on any atom is 0.227 e. The van der Waals surface area contributed by atoms with Crippen LogP contribution in [-0.2, 0) is 24.3 Å². The first kappa shape index (κ1) is 20.1. The van der Waals surface area contributed by atoms with Crippen molar-refractivity contribution in [2.45, 2.75) is 53.1 Å². The Morgan fingerprint density at radius 2 is 1.93 bits per heavy atom. The quantitative estimate of drug-likeness (QED) is 0.552. The number of hydrogen-bond donors (Lipinski definition) is 0. The Labute approximate surface area is 167 Å². The van der Waals surface area contributed by atoms with Crippen molar-refractivity contribution in [3.63, 3.8) is 0 Å². The second kappa shape index (κ2) is 9.49. The highest BCUT2D eigenvalue weighted by atomic mass is 16.2. The summed E-state index contributed by atoms with van der Waals surface area (Å²) in [5.74, 6) is 1.61. The van der Waals surface area contributed by atoms with Gasteiger partial charge in [0.1, 0.15) is 11.3 Å².